The Kier molecular flexibility index (Phi) is 7.14. The lowest BCUT2D eigenvalue weighted by Crippen LogP contribution is -2.31. The van der Waals surface area contributed by atoms with E-state index in [4.69, 9.17) is 25.8 Å². The van der Waals surface area contributed by atoms with E-state index in [1.165, 1.54) is 6.20 Å². The van der Waals surface area contributed by atoms with Crippen molar-refractivity contribution in [3.8, 4) is 11.6 Å². The van der Waals surface area contributed by atoms with Crippen LogP contribution in [0.3, 0.4) is 0 Å². The summed E-state index contributed by atoms with van der Waals surface area (Å²) in [6.45, 7) is 5.49. The topological polar surface area (TPSA) is 73.8 Å². The lowest BCUT2D eigenvalue weighted by Gasteiger charge is -2.27. The van der Waals surface area contributed by atoms with Gasteiger partial charge in [-0.25, -0.2) is 9.78 Å². The highest BCUT2D eigenvalue weighted by atomic mass is 35.5. The monoisotopic (exact) mass is 418 g/mol. The van der Waals surface area contributed by atoms with E-state index in [0.717, 1.165) is 31.5 Å². The number of carbonyl (C=O) groups is 1. The van der Waals surface area contributed by atoms with E-state index in [2.05, 4.69) is 21.3 Å². The summed E-state index contributed by atoms with van der Waals surface area (Å²) < 4.78 is 16.4. The minimum Gasteiger partial charge on any atom is -0.495 e. The van der Waals surface area contributed by atoms with E-state index in [1.807, 2.05) is 13.0 Å². The van der Waals surface area contributed by atoms with Gasteiger partial charge in [-0.2, -0.15) is 4.98 Å². The number of aromatic nitrogens is 2. The lowest BCUT2D eigenvalue weighted by atomic mass is 10.1. The van der Waals surface area contributed by atoms with Crippen molar-refractivity contribution in [1.82, 2.24) is 9.97 Å². The van der Waals surface area contributed by atoms with Gasteiger partial charge in [-0.3, -0.25) is 0 Å². The number of anilines is 1. The summed E-state index contributed by atoms with van der Waals surface area (Å²) in [4.78, 5) is 23.3. The summed E-state index contributed by atoms with van der Waals surface area (Å²) in [5, 5.41) is 0.485. The van der Waals surface area contributed by atoms with Gasteiger partial charge in [0.15, 0.2) is 0 Å². The molecule has 1 aliphatic rings. The van der Waals surface area contributed by atoms with Crippen LogP contribution in [0.4, 0.5) is 5.95 Å². The number of hydrogen-bond acceptors (Lipinski definition) is 7. The van der Waals surface area contributed by atoms with Crippen molar-refractivity contribution < 1.29 is 19.0 Å². The fourth-order valence-electron chi connectivity index (χ4n) is 3.07. The van der Waals surface area contributed by atoms with Crippen LogP contribution in [0.5, 0.6) is 11.6 Å². The molecule has 0 amide bonds. The van der Waals surface area contributed by atoms with E-state index in [0.29, 0.717) is 16.7 Å². The number of hydrogen-bond donors (Lipinski definition) is 0. The molecule has 1 unspecified atom stereocenters. The van der Waals surface area contributed by atoms with Gasteiger partial charge >= 0.3 is 5.97 Å². The number of rotatable bonds is 7. The van der Waals surface area contributed by atoms with Crippen LogP contribution in [-0.4, -0.2) is 42.7 Å². The molecule has 7 nitrogen and oxygen atoms in total. The zero-order chi connectivity index (χ0) is 20.8. The summed E-state index contributed by atoms with van der Waals surface area (Å²) in [6, 6.07) is 5.41. The second-order valence-corrected chi connectivity index (χ2v) is 7.05. The van der Waals surface area contributed by atoms with E-state index in [-0.39, 0.29) is 18.1 Å². The largest absolute Gasteiger partial charge is 0.495 e. The third-order valence-electron chi connectivity index (χ3n) is 4.64. The number of ether oxygens (including phenoxy) is 3. The number of piperidine rings is 1. The Hall–Kier alpha value is -2.54. The summed E-state index contributed by atoms with van der Waals surface area (Å²) in [5.41, 5.74) is 1.03. The van der Waals surface area contributed by atoms with Crippen LogP contribution in [-0.2, 0) is 4.74 Å². The molecule has 1 atom stereocenters. The molecule has 0 bridgehead atoms. The van der Waals surface area contributed by atoms with Gasteiger partial charge in [-0.1, -0.05) is 17.7 Å². The molecule has 8 heteroatoms. The van der Waals surface area contributed by atoms with Crippen LogP contribution in [0.1, 0.15) is 48.7 Å². The first-order chi connectivity index (χ1) is 14.0. The second-order valence-electron chi connectivity index (χ2n) is 6.64. The Bertz CT molecular complexity index is 856. The van der Waals surface area contributed by atoms with Crippen molar-refractivity contribution in [1.29, 1.82) is 0 Å². The van der Waals surface area contributed by atoms with E-state index >= 15 is 0 Å². The van der Waals surface area contributed by atoms with Crippen molar-refractivity contribution in [3.63, 3.8) is 0 Å². The average molecular weight is 419 g/mol. The second kappa shape index (κ2) is 9.78. The molecule has 1 fully saturated rings. The highest BCUT2D eigenvalue weighted by Gasteiger charge is 2.23. The lowest BCUT2D eigenvalue weighted by molar-refractivity contribution is 0.0517. The Morgan fingerprint density at radius 3 is 2.86 bits per heavy atom. The first-order valence-corrected chi connectivity index (χ1v) is 10.0. The number of halogens is 1. The predicted octanol–water partition coefficient (Wildman–Crippen LogP) is 4.26. The fraction of sp³-hybridized carbons (Fsp3) is 0.429. The maximum atomic E-state index is 12.4. The molecular weight excluding hydrogens is 394 g/mol. The molecule has 2 aromatic rings. The maximum Gasteiger partial charge on any atom is 0.345 e. The maximum absolute atomic E-state index is 12.4. The average Bonchev–Trinajstić information content (AvgIpc) is 2.74. The molecule has 0 spiro atoms. The van der Waals surface area contributed by atoms with Crippen LogP contribution >= 0.6 is 11.6 Å². The van der Waals surface area contributed by atoms with Gasteiger partial charge < -0.3 is 19.1 Å². The zero-order valence-electron chi connectivity index (χ0n) is 16.9. The number of benzene rings is 1. The van der Waals surface area contributed by atoms with Crippen molar-refractivity contribution in [3.05, 3.63) is 47.0 Å². The Labute approximate surface area is 176 Å². The van der Waals surface area contributed by atoms with E-state index in [1.54, 1.807) is 26.2 Å². The standard InChI is InChI=1S/C21H25ClN3O4/c1-4-28-20(26)16-13-23-21(25-10-6-5-7-11-25)24-19(16)29-14(2)15-8-9-18(27-3)17(22)12-15/h6,8-9,12-14H,4-5,7,10-11H2,1-3H3. The van der Waals surface area contributed by atoms with Gasteiger partial charge in [0.05, 0.1) is 24.9 Å². The SMILES string of the molecule is CCOC(=O)c1cnc(N2C[CH]CCC2)nc1OC(C)c1ccc(OC)c(Cl)c1. The van der Waals surface area contributed by atoms with Gasteiger partial charge in [0.25, 0.3) is 0 Å². The van der Waals surface area contributed by atoms with Gasteiger partial charge in [0.1, 0.15) is 17.4 Å². The number of esters is 1. The van der Waals surface area contributed by atoms with Gasteiger partial charge in [0, 0.05) is 13.1 Å². The molecule has 155 valence electrons. The summed E-state index contributed by atoms with van der Waals surface area (Å²) >= 11 is 6.24. The smallest absolute Gasteiger partial charge is 0.345 e. The van der Waals surface area contributed by atoms with Crippen molar-refractivity contribution in [2.24, 2.45) is 0 Å². The summed E-state index contributed by atoms with van der Waals surface area (Å²) in [7, 11) is 1.56. The van der Waals surface area contributed by atoms with Crippen LogP contribution in [0.25, 0.3) is 0 Å². The molecule has 1 aromatic carbocycles. The zero-order valence-corrected chi connectivity index (χ0v) is 17.6. The minimum absolute atomic E-state index is 0.193. The summed E-state index contributed by atoms with van der Waals surface area (Å²) in [6.07, 6.45) is 5.38. The normalized spacial score (nSPS) is 15.0. The van der Waals surface area contributed by atoms with Gasteiger partial charge in [-0.15, -0.1) is 0 Å². The number of methoxy groups -OCH3 is 1. The van der Waals surface area contributed by atoms with Gasteiger partial charge in [-0.05, 0) is 50.8 Å². The number of carbonyl (C=O) groups excluding carboxylic acids is 1. The third-order valence-corrected chi connectivity index (χ3v) is 4.93. The van der Waals surface area contributed by atoms with E-state index in [9.17, 15) is 4.79 Å². The molecule has 3 rings (SSSR count). The molecular formula is C21H25ClN3O4. The first-order valence-electron chi connectivity index (χ1n) is 9.64. The third kappa shape index (κ3) is 5.09. The van der Waals surface area contributed by atoms with Crippen LogP contribution < -0.4 is 14.4 Å². The van der Waals surface area contributed by atoms with E-state index < -0.39 is 12.1 Å². The number of nitrogens with zero attached hydrogens (tertiary/aromatic N) is 3. The van der Waals surface area contributed by atoms with Gasteiger partial charge in [0.2, 0.25) is 11.8 Å². The molecule has 0 aliphatic carbocycles. The minimum atomic E-state index is -0.515. The van der Waals surface area contributed by atoms with Crippen LogP contribution in [0, 0.1) is 6.42 Å². The Morgan fingerprint density at radius 1 is 1.38 bits per heavy atom. The molecule has 0 N–H and O–H groups in total. The quantitative estimate of drug-likeness (QED) is 0.622. The Morgan fingerprint density at radius 2 is 2.21 bits per heavy atom. The van der Waals surface area contributed by atoms with Crippen molar-refractivity contribution in [2.45, 2.75) is 32.8 Å². The molecule has 0 saturated carbocycles. The fourth-order valence-corrected chi connectivity index (χ4v) is 3.33. The molecule has 2 heterocycles. The highest BCUT2D eigenvalue weighted by molar-refractivity contribution is 6.32. The van der Waals surface area contributed by atoms with Crippen molar-refractivity contribution in [2.75, 3.05) is 31.7 Å². The van der Waals surface area contributed by atoms with Crippen LogP contribution in [0.2, 0.25) is 5.02 Å². The summed E-state index contributed by atoms with van der Waals surface area (Å²) in [5.74, 6) is 0.794. The first kappa shape index (κ1) is 21.2. The predicted molar refractivity (Wildman–Crippen MR) is 111 cm³/mol. The molecule has 1 saturated heterocycles. The molecule has 29 heavy (non-hydrogen) atoms. The van der Waals surface area contributed by atoms with Crippen molar-refractivity contribution >= 4 is 23.5 Å². The highest BCUT2D eigenvalue weighted by Crippen LogP contribution is 2.31. The molecule has 1 radical (unpaired) electrons. The van der Waals surface area contributed by atoms with Crippen LogP contribution in [0.15, 0.2) is 24.4 Å². The molecule has 1 aromatic heterocycles. The molecule has 1 aliphatic heterocycles. The Balaban J connectivity index is 1.89.